The molecular formula is C20H24FN9. The minimum atomic E-state index is -0.444. The zero-order chi connectivity index (χ0) is 21.7. The summed E-state index contributed by atoms with van der Waals surface area (Å²) in [5.74, 6) is 6.46. The first kappa shape index (κ1) is 21.0. The Balaban J connectivity index is 2.01. The summed E-state index contributed by atoms with van der Waals surface area (Å²) in [4.78, 5) is 13.2. The Morgan fingerprint density at radius 1 is 1.33 bits per heavy atom. The van der Waals surface area contributed by atoms with Crippen molar-refractivity contribution in [1.82, 2.24) is 24.5 Å². The van der Waals surface area contributed by atoms with Crippen LogP contribution >= 0.6 is 0 Å². The van der Waals surface area contributed by atoms with Crippen LogP contribution in [0.5, 0.6) is 0 Å². The second-order valence-electron chi connectivity index (χ2n) is 7.05. The van der Waals surface area contributed by atoms with E-state index in [1.807, 2.05) is 19.9 Å². The van der Waals surface area contributed by atoms with Crippen molar-refractivity contribution in [1.29, 1.82) is 5.26 Å². The maximum absolute atomic E-state index is 12.4. The molecule has 30 heavy (non-hydrogen) atoms. The van der Waals surface area contributed by atoms with E-state index in [1.165, 1.54) is 11.2 Å². The molecule has 0 radical (unpaired) electrons. The highest BCUT2D eigenvalue weighted by Crippen LogP contribution is 2.25. The highest BCUT2D eigenvalue weighted by Gasteiger charge is 2.13. The Morgan fingerprint density at radius 3 is 2.83 bits per heavy atom. The van der Waals surface area contributed by atoms with Crippen molar-refractivity contribution in [3.8, 4) is 11.9 Å². The summed E-state index contributed by atoms with van der Waals surface area (Å²) in [5, 5.41) is 13.8. The predicted molar refractivity (Wildman–Crippen MR) is 114 cm³/mol. The molecule has 9 nitrogen and oxygen atoms in total. The summed E-state index contributed by atoms with van der Waals surface area (Å²) in [6, 6.07) is 5.72. The highest BCUT2D eigenvalue weighted by atomic mass is 19.1. The van der Waals surface area contributed by atoms with Crippen molar-refractivity contribution < 1.29 is 4.39 Å². The van der Waals surface area contributed by atoms with Gasteiger partial charge < -0.3 is 16.1 Å². The first-order valence-corrected chi connectivity index (χ1v) is 9.48. The van der Waals surface area contributed by atoms with Crippen molar-refractivity contribution in [2.45, 2.75) is 26.3 Å². The number of nitrogens with one attached hydrogen (secondary N) is 1. The summed E-state index contributed by atoms with van der Waals surface area (Å²) in [7, 11) is 0. The standard InChI is InChI=1S/C20H24FN9/c1-13(2)28-17-7-19(25-10-15(17)16(23)11-29(24)5-3-4-21)30-12-27-18-6-14(8-22)9-26-20(18)30/h6-7,9-13H,3-5,23-24H2,1-2H3,(H,25,28)/b16-11-. The second-order valence-corrected chi connectivity index (χ2v) is 7.05. The molecule has 0 aromatic carbocycles. The zero-order valence-electron chi connectivity index (χ0n) is 16.9. The molecule has 3 rings (SSSR count). The summed E-state index contributed by atoms with van der Waals surface area (Å²) in [6.45, 7) is 3.93. The Morgan fingerprint density at radius 2 is 2.13 bits per heavy atom. The van der Waals surface area contributed by atoms with E-state index in [9.17, 15) is 4.39 Å². The third-order valence-corrected chi connectivity index (χ3v) is 4.26. The fraction of sp³-hybridized carbons (Fsp3) is 0.300. The van der Waals surface area contributed by atoms with Gasteiger partial charge in [-0.25, -0.2) is 20.8 Å². The van der Waals surface area contributed by atoms with E-state index >= 15 is 0 Å². The smallest absolute Gasteiger partial charge is 0.165 e. The number of hydrazine groups is 1. The molecule has 0 aliphatic carbocycles. The normalized spacial score (nSPS) is 11.7. The molecule has 0 atom stereocenters. The number of hydrogen-bond acceptors (Lipinski definition) is 8. The second kappa shape index (κ2) is 9.19. The highest BCUT2D eigenvalue weighted by molar-refractivity contribution is 5.77. The van der Waals surface area contributed by atoms with Gasteiger partial charge in [0.1, 0.15) is 23.7 Å². The van der Waals surface area contributed by atoms with Gasteiger partial charge in [0.2, 0.25) is 0 Å². The van der Waals surface area contributed by atoms with Crippen LogP contribution in [0.25, 0.3) is 22.7 Å². The van der Waals surface area contributed by atoms with Gasteiger partial charge in [-0.3, -0.25) is 8.96 Å². The lowest BCUT2D eigenvalue weighted by atomic mass is 10.1. The molecule has 0 aliphatic heterocycles. The van der Waals surface area contributed by atoms with Crippen LogP contribution in [-0.4, -0.2) is 43.8 Å². The molecule has 3 heterocycles. The van der Waals surface area contributed by atoms with Crippen LogP contribution in [0.2, 0.25) is 0 Å². The molecule has 156 valence electrons. The number of pyridine rings is 2. The van der Waals surface area contributed by atoms with E-state index in [4.69, 9.17) is 16.8 Å². The molecule has 0 amide bonds. The SMILES string of the molecule is CC(C)Nc1cc(-n2cnc3cc(C#N)cnc32)ncc1/C(N)=C/N(N)CCCF. The van der Waals surface area contributed by atoms with E-state index in [0.29, 0.717) is 46.8 Å². The number of rotatable bonds is 8. The Labute approximate surface area is 173 Å². The minimum Gasteiger partial charge on any atom is -0.397 e. The van der Waals surface area contributed by atoms with Crippen molar-refractivity contribution >= 4 is 22.5 Å². The molecular weight excluding hydrogens is 385 g/mol. The number of nitriles is 1. The number of aromatic nitrogens is 4. The minimum absolute atomic E-state index is 0.142. The van der Waals surface area contributed by atoms with Gasteiger partial charge in [-0.15, -0.1) is 0 Å². The van der Waals surface area contributed by atoms with Crippen LogP contribution in [0.1, 0.15) is 31.4 Å². The summed E-state index contributed by atoms with van der Waals surface area (Å²) in [6.07, 6.45) is 6.64. The van der Waals surface area contributed by atoms with Gasteiger partial charge in [0.05, 0.1) is 17.9 Å². The zero-order valence-corrected chi connectivity index (χ0v) is 16.9. The molecule has 0 saturated carbocycles. The molecule has 3 aromatic rings. The summed E-state index contributed by atoms with van der Waals surface area (Å²) < 4.78 is 14.1. The van der Waals surface area contributed by atoms with Crippen LogP contribution in [0.4, 0.5) is 10.1 Å². The quantitative estimate of drug-likeness (QED) is 0.381. The molecule has 0 aliphatic rings. The average Bonchev–Trinajstić information content (AvgIpc) is 3.14. The first-order chi connectivity index (χ1) is 14.4. The predicted octanol–water partition coefficient (Wildman–Crippen LogP) is 2.30. The van der Waals surface area contributed by atoms with Gasteiger partial charge in [0, 0.05) is 48.5 Å². The van der Waals surface area contributed by atoms with E-state index in [0.717, 1.165) is 5.69 Å². The molecule has 0 fully saturated rings. The van der Waals surface area contributed by atoms with E-state index in [2.05, 4.69) is 26.3 Å². The fourth-order valence-corrected chi connectivity index (χ4v) is 2.92. The van der Waals surface area contributed by atoms with Gasteiger partial charge in [0.15, 0.2) is 5.65 Å². The lowest BCUT2D eigenvalue weighted by Gasteiger charge is -2.18. The number of alkyl halides is 1. The first-order valence-electron chi connectivity index (χ1n) is 9.48. The number of nitrogens with two attached hydrogens (primary N) is 2. The van der Waals surface area contributed by atoms with Crippen LogP contribution in [0.3, 0.4) is 0 Å². The van der Waals surface area contributed by atoms with Crippen LogP contribution in [0, 0.1) is 11.3 Å². The average molecular weight is 409 g/mol. The number of halogens is 1. The molecule has 3 aromatic heterocycles. The maximum atomic E-state index is 12.4. The van der Waals surface area contributed by atoms with Crippen molar-refractivity contribution in [2.75, 3.05) is 18.5 Å². The number of anilines is 1. The van der Waals surface area contributed by atoms with Gasteiger partial charge in [0.25, 0.3) is 0 Å². The van der Waals surface area contributed by atoms with Crippen molar-refractivity contribution in [3.05, 3.63) is 48.2 Å². The van der Waals surface area contributed by atoms with E-state index in [-0.39, 0.29) is 6.04 Å². The van der Waals surface area contributed by atoms with Gasteiger partial charge in [-0.05, 0) is 26.3 Å². The van der Waals surface area contributed by atoms with Gasteiger partial charge in [-0.2, -0.15) is 5.26 Å². The topological polar surface area (TPSA) is 135 Å². The Hall–Kier alpha value is -3.71. The fourth-order valence-electron chi connectivity index (χ4n) is 2.92. The molecule has 0 saturated heterocycles. The van der Waals surface area contributed by atoms with Crippen LogP contribution in [-0.2, 0) is 0 Å². The van der Waals surface area contributed by atoms with E-state index < -0.39 is 6.67 Å². The van der Waals surface area contributed by atoms with Crippen LogP contribution in [0.15, 0.2) is 37.1 Å². The number of nitrogens with zero attached hydrogens (tertiary/aromatic N) is 6. The summed E-state index contributed by atoms with van der Waals surface area (Å²) in [5.41, 5.74) is 9.71. The van der Waals surface area contributed by atoms with Crippen molar-refractivity contribution in [2.24, 2.45) is 11.6 Å². The largest absolute Gasteiger partial charge is 0.397 e. The number of fused-ring (bicyclic) bond motifs is 1. The monoisotopic (exact) mass is 409 g/mol. The number of hydrogen-bond donors (Lipinski definition) is 3. The van der Waals surface area contributed by atoms with E-state index in [1.54, 1.807) is 29.4 Å². The number of imidazole rings is 1. The molecule has 5 N–H and O–H groups in total. The molecule has 0 spiro atoms. The van der Waals surface area contributed by atoms with Gasteiger partial charge >= 0.3 is 0 Å². The maximum Gasteiger partial charge on any atom is 0.165 e. The van der Waals surface area contributed by atoms with Gasteiger partial charge in [-0.1, -0.05) is 0 Å². The summed E-state index contributed by atoms with van der Waals surface area (Å²) >= 11 is 0. The Kier molecular flexibility index (Phi) is 6.44. The molecule has 0 bridgehead atoms. The third-order valence-electron chi connectivity index (χ3n) is 4.26. The van der Waals surface area contributed by atoms with Crippen molar-refractivity contribution in [3.63, 3.8) is 0 Å². The lowest BCUT2D eigenvalue weighted by Crippen LogP contribution is -2.27. The third kappa shape index (κ3) is 4.64. The Bertz CT molecular complexity index is 1100. The lowest BCUT2D eigenvalue weighted by molar-refractivity contribution is 0.352. The van der Waals surface area contributed by atoms with Crippen LogP contribution < -0.4 is 16.9 Å². The molecule has 10 heteroatoms. The molecule has 0 unspecified atom stereocenters.